The summed E-state index contributed by atoms with van der Waals surface area (Å²) >= 11 is 0. The molecule has 1 atom stereocenters. The molecule has 0 radical (unpaired) electrons. The molecule has 2 aliphatic heterocycles. The highest BCUT2D eigenvalue weighted by Gasteiger charge is 2.33. The third-order valence-corrected chi connectivity index (χ3v) is 8.42. The molecule has 36 heavy (non-hydrogen) atoms. The highest BCUT2D eigenvalue weighted by atomic mass is 32.2. The summed E-state index contributed by atoms with van der Waals surface area (Å²) in [6, 6.07) is 15.9. The predicted octanol–water partition coefficient (Wildman–Crippen LogP) is 3.83. The van der Waals surface area contributed by atoms with Crippen molar-refractivity contribution in [2.24, 2.45) is 0 Å². The summed E-state index contributed by atoms with van der Waals surface area (Å²) < 4.78 is 40.4. The van der Waals surface area contributed by atoms with Crippen molar-refractivity contribution < 1.29 is 22.7 Å². The van der Waals surface area contributed by atoms with Crippen LogP contribution >= 0.6 is 0 Å². The van der Waals surface area contributed by atoms with Crippen LogP contribution in [0, 0.1) is 0 Å². The van der Waals surface area contributed by atoms with Gasteiger partial charge in [0.15, 0.2) is 0 Å². The quantitative estimate of drug-likeness (QED) is 0.545. The number of hydrogen-bond donors (Lipinski definition) is 1. The summed E-state index contributed by atoms with van der Waals surface area (Å²) in [5, 5.41) is 2.66. The number of ether oxygens (including phenoxy) is 2. The number of rotatable bonds is 6. The summed E-state index contributed by atoms with van der Waals surface area (Å²) in [4.78, 5) is 16.4. The number of fused-ring (bicyclic) bond motifs is 3. The highest BCUT2D eigenvalue weighted by molar-refractivity contribution is 7.89. The van der Waals surface area contributed by atoms with Crippen LogP contribution in [0.25, 0.3) is 0 Å². The first-order chi connectivity index (χ1) is 17.3. The van der Waals surface area contributed by atoms with Crippen LogP contribution in [-0.4, -0.2) is 36.3 Å². The smallest absolute Gasteiger partial charge is 0.243 e. The van der Waals surface area contributed by atoms with Gasteiger partial charge in [0, 0.05) is 44.2 Å². The van der Waals surface area contributed by atoms with Gasteiger partial charge < -0.3 is 14.8 Å². The second kappa shape index (κ2) is 10.0. The van der Waals surface area contributed by atoms with Gasteiger partial charge >= 0.3 is 0 Å². The lowest BCUT2D eigenvalue weighted by atomic mass is 9.91. The summed E-state index contributed by atoms with van der Waals surface area (Å²) in [6.07, 6.45) is 1.28. The SMILES string of the molecule is CC(=O)Nc1ccc(S(=O)(=O)N2CCc3nc(COc4ccccc4)c4c(c3C2)CO[C@@H](C)C4)cc1. The van der Waals surface area contributed by atoms with Crippen LogP contribution in [0.15, 0.2) is 59.5 Å². The monoisotopic (exact) mass is 507 g/mol. The molecule has 0 unspecified atom stereocenters. The van der Waals surface area contributed by atoms with E-state index in [1.165, 1.54) is 23.4 Å². The molecule has 0 saturated carbocycles. The Balaban J connectivity index is 1.42. The number of anilines is 1. The second-order valence-electron chi connectivity index (χ2n) is 9.16. The minimum Gasteiger partial charge on any atom is -0.487 e. The molecule has 8 nitrogen and oxygen atoms in total. The molecule has 3 heterocycles. The van der Waals surface area contributed by atoms with Gasteiger partial charge in [-0.1, -0.05) is 18.2 Å². The molecule has 0 spiro atoms. The number of amides is 1. The number of pyridine rings is 1. The Morgan fingerprint density at radius 3 is 2.58 bits per heavy atom. The number of benzene rings is 2. The van der Waals surface area contributed by atoms with Gasteiger partial charge in [0.1, 0.15) is 12.4 Å². The fourth-order valence-electron chi connectivity index (χ4n) is 4.75. The molecule has 9 heteroatoms. The number of sulfonamides is 1. The van der Waals surface area contributed by atoms with Gasteiger partial charge in [-0.3, -0.25) is 9.78 Å². The highest BCUT2D eigenvalue weighted by Crippen LogP contribution is 2.33. The van der Waals surface area contributed by atoms with Crippen LogP contribution in [-0.2, 0) is 52.2 Å². The van der Waals surface area contributed by atoms with Crippen LogP contribution < -0.4 is 10.1 Å². The zero-order valence-corrected chi connectivity index (χ0v) is 21.2. The van der Waals surface area contributed by atoms with Crippen LogP contribution in [0.3, 0.4) is 0 Å². The fourth-order valence-corrected chi connectivity index (χ4v) is 6.16. The number of nitrogens with zero attached hydrogens (tertiary/aromatic N) is 2. The fraction of sp³-hybridized carbons (Fsp3) is 0.333. The van der Waals surface area contributed by atoms with Crippen molar-refractivity contribution in [2.75, 3.05) is 11.9 Å². The van der Waals surface area contributed by atoms with Gasteiger partial charge in [0.2, 0.25) is 15.9 Å². The summed E-state index contributed by atoms with van der Waals surface area (Å²) in [5.41, 5.74) is 5.43. The van der Waals surface area contributed by atoms with Gasteiger partial charge in [-0.05, 0) is 60.0 Å². The molecule has 2 aromatic carbocycles. The van der Waals surface area contributed by atoms with E-state index in [4.69, 9.17) is 14.5 Å². The Hall–Kier alpha value is -3.27. The van der Waals surface area contributed by atoms with Crippen LogP contribution in [0.1, 0.15) is 41.9 Å². The van der Waals surface area contributed by atoms with E-state index < -0.39 is 10.0 Å². The molecule has 0 aliphatic carbocycles. The average molecular weight is 508 g/mol. The third kappa shape index (κ3) is 5.00. The number of para-hydroxylation sites is 1. The van der Waals surface area contributed by atoms with E-state index in [0.717, 1.165) is 33.8 Å². The largest absolute Gasteiger partial charge is 0.487 e. The van der Waals surface area contributed by atoms with Gasteiger partial charge in [0.25, 0.3) is 0 Å². The van der Waals surface area contributed by atoms with Crippen molar-refractivity contribution in [2.45, 2.75) is 57.4 Å². The minimum absolute atomic E-state index is 0.0541. The first-order valence-corrected chi connectivity index (χ1v) is 13.4. The molecule has 1 aromatic heterocycles. The first kappa shape index (κ1) is 24.4. The lowest BCUT2D eigenvalue weighted by Crippen LogP contribution is -2.38. The van der Waals surface area contributed by atoms with E-state index in [9.17, 15) is 13.2 Å². The summed E-state index contributed by atoms with van der Waals surface area (Å²) in [5.74, 6) is 0.577. The van der Waals surface area contributed by atoms with E-state index in [2.05, 4.69) is 5.32 Å². The number of carbonyl (C=O) groups excluding carboxylic acids is 1. The third-order valence-electron chi connectivity index (χ3n) is 6.56. The maximum absolute atomic E-state index is 13.4. The van der Waals surface area contributed by atoms with Crippen molar-refractivity contribution >= 4 is 21.6 Å². The van der Waals surface area contributed by atoms with Crippen molar-refractivity contribution in [3.63, 3.8) is 0 Å². The van der Waals surface area contributed by atoms with Crippen molar-refractivity contribution in [1.82, 2.24) is 9.29 Å². The average Bonchev–Trinajstić information content (AvgIpc) is 2.87. The zero-order chi connectivity index (χ0) is 25.3. The standard InChI is InChI=1S/C27H29N3O5S/c1-18-14-23-25(16-34-18)24-15-30(36(32,33)22-10-8-20(9-11-22)28-19(2)31)13-12-26(24)29-27(23)17-35-21-6-4-3-5-7-21/h3-11,18H,12-17H2,1-2H3,(H,28,31)/t18-/m0/s1. The number of hydrogen-bond acceptors (Lipinski definition) is 6. The number of nitrogens with one attached hydrogen (secondary N) is 1. The summed E-state index contributed by atoms with van der Waals surface area (Å²) in [7, 11) is -3.72. The maximum atomic E-state index is 13.4. The second-order valence-corrected chi connectivity index (χ2v) is 11.1. The molecule has 5 rings (SSSR count). The van der Waals surface area contributed by atoms with Crippen LogP contribution in [0.2, 0.25) is 0 Å². The normalized spacial score (nSPS) is 17.7. The maximum Gasteiger partial charge on any atom is 0.243 e. The molecule has 0 fully saturated rings. The van der Waals surface area contributed by atoms with E-state index in [0.29, 0.717) is 38.3 Å². The molecule has 0 bridgehead atoms. The molecular weight excluding hydrogens is 478 g/mol. The zero-order valence-electron chi connectivity index (χ0n) is 20.4. The summed E-state index contributed by atoms with van der Waals surface area (Å²) in [6.45, 7) is 4.82. The molecular formula is C27H29N3O5S. The number of carbonyl (C=O) groups is 1. The van der Waals surface area contributed by atoms with E-state index in [1.54, 1.807) is 12.1 Å². The van der Waals surface area contributed by atoms with Gasteiger partial charge in [-0.15, -0.1) is 0 Å². The molecule has 3 aromatic rings. The molecule has 188 valence electrons. The van der Waals surface area contributed by atoms with Gasteiger partial charge in [-0.2, -0.15) is 4.31 Å². The van der Waals surface area contributed by atoms with Gasteiger partial charge in [-0.25, -0.2) is 8.42 Å². The lowest BCUT2D eigenvalue weighted by Gasteiger charge is -2.33. The van der Waals surface area contributed by atoms with Gasteiger partial charge in [0.05, 0.1) is 23.3 Å². The molecule has 1 amide bonds. The van der Waals surface area contributed by atoms with E-state index >= 15 is 0 Å². The van der Waals surface area contributed by atoms with Crippen molar-refractivity contribution in [1.29, 1.82) is 0 Å². The Kier molecular flexibility index (Phi) is 6.79. The Labute approximate surface area is 211 Å². The minimum atomic E-state index is -3.72. The molecule has 0 saturated heterocycles. The van der Waals surface area contributed by atoms with Crippen molar-refractivity contribution in [3.05, 3.63) is 82.7 Å². The first-order valence-electron chi connectivity index (χ1n) is 12.0. The van der Waals surface area contributed by atoms with E-state index in [-0.39, 0.29) is 23.5 Å². The van der Waals surface area contributed by atoms with E-state index in [1.807, 2.05) is 37.3 Å². The Morgan fingerprint density at radius 1 is 1.11 bits per heavy atom. The topological polar surface area (TPSA) is 97.8 Å². The Morgan fingerprint density at radius 2 is 1.86 bits per heavy atom. The van der Waals surface area contributed by atoms with Crippen LogP contribution in [0.4, 0.5) is 5.69 Å². The van der Waals surface area contributed by atoms with Crippen LogP contribution in [0.5, 0.6) is 5.75 Å². The predicted molar refractivity (Wildman–Crippen MR) is 135 cm³/mol. The van der Waals surface area contributed by atoms with Crippen molar-refractivity contribution in [3.8, 4) is 5.75 Å². The Bertz CT molecular complexity index is 1370. The molecule has 2 aliphatic rings. The number of aromatic nitrogens is 1. The lowest BCUT2D eigenvalue weighted by molar-refractivity contribution is -0.114. The molecule has 1 N–H and O–H groups in total.